The van der Waals surface area contributed by atoms with Crippen LogP contribution in [0.3, 0.4) is 0 Å². The molecule has 1 aromatic carbocycles. The van der Waals surface area contributed by atoms with Gasteiger partial charge < -0.3 is 9.72 Å². The van der Waals surface area contributed by atoms with Crippen LogP contribution in [0.4, 0.5) is 17.6 Å². The van der Waals surface area contributed by atoms with Crippen LogP contribution in [0.1, 0.15) is 43.9 Å². The maximum Gasteiger partial charge on any atom is 0.204 e. The Morgan fingerprint density at radius 3 is 2.36 bits per heavy atom. The second-order valence-corrected chi connectivity index (χ2v) is 6.35. The summed E-state index contributed by atoms with van der Waals surface area (Å²) in [6.45, 7) is 1.99. The molecule has 28 heavy (non-hydrogen) atoms. The maximum absolute atomic E-state index is 14.8. The van der Waals surface area contributed by atoms with Crippen LogP contribution in [0.15, 0.2) is 41.2 Å². The summed E-state index contributed by atoms with van der Waals surface area (Å²) >= 11 is 0. The number of halogens is 4. The van der Waals surface area contributed by atoms with Crippen LogP contribution in [-0.4, -0.2) is 17.8 Å². The lowest BCUT2D eigenvalue weighted by atomic mass is 9.98. The van der Waals surface area contributed by atoms with Crippen molar-refractivity contribution >= 4 is 11.8 Å². The van der Waals surface area contributed by atoms with Gasteiger partial charge in [-0.15, -0.1) is 0 Å². The topological polar surface area (TPSA) is 37.4 Å². The molecule has 0 aliphatic carbocycles. The summed E-state index contributed by atoms with van der Waals surface area (Å²) in [4.78, 5) is 6.82. The van der Waals surface area contributed by atoms with E-state index in [1.54, 1.807) is 12.1 Å². The van der Waals surface area contributed by atoms with Crippen molar-refractivity contribution < 1.29 is 22.3 Å². The van der Waals surface area contributed by atoms with E-state index in [2.05, 4.69) is 9.98 Å². The van der Waals surface area contributed by atoms with Gasteiger partial charge in [-0.3, -0.25) is 4.99 Å². The van der Waals surface area contributed by atoms with Gasteiger partial charge in [0.15, 0.2) is 17.4 Å². The first-order valence-electron chi connectivity index (χ1n) is 9.14. The number of aromatic amines is 1. The summed E-state index contributed by atoms with van der Waals surface area (Å²) < 4.78 is 63.9. The molecule has 0 unspecified atom stereocenters. The van der Waals surface area contributed by atoms with E-state index in [1.807, 2.05) is 6.92 Å². The van der Waals surface area contributed by atoms with Crippen molar-refractivity contribution in [2.75, 3.05) is 6.61 Å². The molecule has 0 saturated carbocycles. The first kappa shape index (κ1) is 19.9. The quantitative estimate of drug-likeness (QED) is 0.337. The van der Waals surface area contributed by atoms with Crippen molar-refractivity contribution in [1.82, 2.24) is 4.98 Å². The number of aliphatic imine (C=N–C) groups is 1. The molecule has 3 rings (SSSR count). The van der Waals surface area contributed by atoms with Gasteiger partial charge in [0.05, 0.1) is 17.9 Å². The molecule has 0 bridgehead atoms. The third-order valence-corrected chi connectivity index (χ3v) is 4.39. The second-order valence-electron chi connectivity index (χ2n) is 6.35. The minimum absolute atomic E-state index is 0.0241. The molecular weight excluding hydrogens is 372 g/mol. The fraction of sp³-hybridized carbons (Fsp3) is 0.286. The number of H-pyrrole nitrogens is 1. The van der Waals surface area contributed by atoms with E-state index in [0.29, 0.717) is 6.42 Å². The molecule has 0 saturated heterocycles. The first-order chi connectivity index (χ1) is 13.6. The van der Waals surface area contributed by atoms with Crippen LogP contribution in [0.5, 0.6) is 5.75 Å². The molecule has 148 valence electrons. The van der Waals surface area contributed by atoms with Crippen LogP contribution in [0.2, 0.25) is 0 Å². The Hall–Kier alpha value is -2.83. The molecule has 2 heterocycles. The van der Waals surface area contributed by atoms with E-state index in [0.717, 1.165) is 19.3 Å². The largest absolute Gasteiger partial charge is 0.487 e. The van der Waals surface area contributed by atoms with Crippen molar-refractivity contribution in [3.8, 4) is 5.75 Å². The summed E-state index contributed by atoms with van der Waals surface area (Å²) in [6.07, 6.45) is 9.29. The first-order valence-corrected chi connectivity index (χ1v) is 9.14. The minimum Gasteiger partial charge on any atom is -0.487 e. The molecule has 3 nitrogen and oxygen atoms in total. The predicted octanol–water partition coefficient (Wildman–Crippen LogP) is 5.93. The number of rotatable bonds is 8. The molecule has 2 aromatic rings. The van der Waals surface area contributed by atoms with Crippen molar-refractivity contribution in [3.63, 3.8) is 0 Å². The van der Waals surface area contributed by atoms with E-state index in [1.165, 1.54) is 24.6 Å². The highest BCUT2D eigenvalue weighted by Gasteiger charge is 2.30. The Morgan fingerprint density at radius 1 is 1.04 bits per heavy atom. The van der Waals surface area contributed by atoms with Crippen LogP contribution < -0.4 is 4.74 Å². The standard InChI is InChI=1S/C21H20F4N2O/c1-2-3-4-5-12-28-21-19(24)17(22)16(18(23)20(21)25)15(13-8-6-10-26-13)14-9-7-11-27-14/h6-11,26H,2-5,12H2,1H3. The summed E-state index contributed by atoms with van der Waals surface area (Å²) in [7, 11) is 0. The molecule has 0 spiro atoms. The molecule has 0 amide bonds. The zero-order valence-corrected chi connectivity index (χ0v) is 15.4. The van der Waals surface area contributed by atoms with E-state index >= 15 is 0 Å². The van der Waals surface area contributed by atoms with Gasteiger partial charge in [-0.1, -0.05) is 26.2 Å². The highest BCUT2D eigenvalue weighted by Crippen LogP contribution is 2.38. The zero-order chi connectivity index (χ0) is 20.1. The average molecular weight is 392 g/mol. The van der Waals surface area contributed by atoms with Crippen LogP contribution in [-0.2, 0) is 0 Å². The maximum atomic E-state index is 14.8. The number of hydrogen-bond donors (Lipinski definition) is 1. The molecular formula is C21H20F4N2O. The highest BCUT2D eigenvalue weighted by atomic mass is 19.2. The van der Waals surface area contributed by atoms with Crippen molar-refractivity contribution in [2.45, 2.75) is 32.6 Å². The van der Waals surface area contributed by atoms with E-state index < -0.39 is 34.6 Å². The van der Waals surface area contributed by atoms with Crippen molar-refractivity contribution in [3.05, 3.63) is 70.7 Å². The van der Waals surface area contributed by atoms with Crippen LogP contribution >= 0.6 is 0 Å². The van der Waals surface area contributed by atoms with Crippen LogP contribution in [0.25, 0.3) is 5.57 Å². The Bertz CT molecular complexity index is 887. The van der Waals surface area contributed by atoms with Gasteiger partial charge in [0.25, 0.3) is 0 Å². The molecule has 1 aliphatic rings. The smallest absolute Gasteiger partial charge is 0.204 e. The van der Waals surface area contributed by atoms with E-state index in [-0.39, 0.29) is 23.6 Å². The molecule has 1 aliphatic heterocycles. The second kappa shape index (κ2) is 8.91. The number of nitrogens with one attached hydrogen (secondary N) is 1. The Balaban J connectivity index is 2.04. The number of ether oxygens (including phenoxy) is 1. The fourth-order valence-electron chi connectivity index (χ4n) is 3.00. The molecule has 0 radical (unpaired) electrons. The monoisotopic (exact) mass is 392 g/mol. The predicted molar refractivity (Wildman–Crippen MR) is 100 cm³/mol. The number of unbranched alkanes of at least 4 members (excludes halogenated alkanes) is 3. The zero-order valence-electron chi connectivity index (χ0n) is 15.4. The lowest BCUT2D eigenvalue weighted by molar-refractivity contribution is 0.263. The summed E-state index contributed by atoms with van der Waals surface area (Å²) in [5, 5.41) is 0. The fourth-order valence-corrected chi connectivity index (χ4v) is 3.00. The summed E-state index contributed by atoms with van der Waals surface area (Å²) in [5.41, 5.74) is -0.428. The van der Waals surface area contributed by atoms with E-state index in [4.69, 9.17) is 4.74 Å². The molecule has 0 atom stereocenters. The van der Waals surface area contributed by atoms with Crippen molar-refractivity contribution in [1.29, 1.82) is 0 Å². The molecule has 1 aromatic heterocycles. The van der Waals surface area contributed by atoms with Gasteiger partial charge in [0, 0.05) is 23.7 Å². The normalized spacial score (nSPS) is 14.8. The number of benzene rings is 1. The Kier molecular flexibility index (Phi) is 6.34. The van der Waals surface area contributed by atoms with Gasteiger partial charge in [-0.25, -0.2) is 8.78 Å². The number of aromatic nitrogens is 1. The molecule has 1 N–H and O–H groups in total. The Morgan fingerprint density at radius 2 is 1.79 bits per heavy atom. The molecule has 0 fully saturated rings. The number of hydrogen-bond acceptors (Lipinski definition) is 2. The summed E-state index contributed by atoms with van der Waals surface area (Å²) in [6, 6.07) is 3.14. The highest BCUT2D eigenvalue weighted by molar-refractivity contribution is 5.88. The van der Waals surface area contributed by atoms with E-state index in [9.17, 15) is 17.6 Å². The van der Waals surface area contributed by atoms with Gasteiger partial charge in [-0.2, -0.15) is 8.78 Å². The van der Waals surface area contributed by atoms with Gasteiger partial charge in [0.2, 0.25) is 11.6 Å². The Labute approximate surface area is 160 Å². The van der Waals surface area contributed by atoms with Gasteiger partial charge in [0.1, 0.15) is 0 Å². The lowest BCUT2D eigenvalue weighted by Crippen LogP contribution is -2.10. The van der Waals surface area contributed by atoms with Gasteiger partial charge in [-0.05, 0) is 30.7 Å². The number of nitrogens with zero attached hydrogens (tertiary/aromatic N) is 1. The third-order valence-electron chi connectivity index (χ3n) is 4.39. The van der Waals surface area contributed by atoms with Crippen molar-refractivity contribution in [2.24, 2.45) is 4.99 Å². The SMILES string of the molecule is CCCCCCOc1c(F)c(F)c(C(=C2C=CC=N2)c2ccc[nH]2)c(F)c1F. The molecule has 7 heteroatoms. The summed E-state index contributed by atoms with van der Waals surface area (Å²) in [5.74, 6) is -7.18. The average Bonchev–Trinajstić information content (AvgIpc) is 3.40. The van der Waals surface area contributed by atoms with Crippen LogP contribution in [0, 0.1) is 23.3 Å². The minimum atomic E-state index is -1.56. The third kappa shape index (κ3) is 3.88. The van der Waals surface area contributed by atoms with Gasteiger partial charge >= 0.3 is 0 Å². The lowest BCUT2D eigenvalue weighted by Gasteiger charge is -2.15. The number of allylic oxidation sites excluding steroid dienone is 2.